The fourth-order valence-corrected chi connectivity index (χ4v) is 3.77. The predicted octanol–water partition coefficient (Wildman–Crippen LogP) is 5.85. The van der Waals surface area contributed by atoms with Gasteiger partial charge in [0.15, 0.2) is 5.13 Å². The Bertz CT molecular complexity index is 1240. The topological polar surface area (TPSA) is 86.5 Å². The third-order valence-electron chi connectivity index (χ3n) is 4.78. The molecular weight excluding hydrogens is 452 g/mol. The second-order valence-electron chi connectivity index (χ2n) is 6.98. The van der Waals surface area contributed by atoms with E-state index in [1.54, 1.807) is 47.8 Å². The number of carbonyl (C=O) groups is 1. The van der Waals surface area contributed by atoms with E-state index in [-0.39, 0.29) is 11.7 Å². The molecule has 2 aromatic heterocycles. The van der Waals surface area contributed by atoms with Gasteiger partial charge in [0.25, 0.3) is 5.91 Å². The van der Waals surface area contributed by atoms with Crippen LogP contribution in [0.3, 0.4) is 0 Å². The maximum atomic E-state index is 12.7. The summed E-state index contributed by atoms with van der Waals surface area (Å²) in [6, 6.07) is 13.0. The Balaban J connectivity index is 1.40. The molecular formula is C23H19F2N3O4S. The lowest BCUT2D eigenvalue weighted by Crippen LogP contribution is -2.11. The van der Waals surface area contributed by atoms with Crippen LogP contribution in [0.15, 0.2) is 58.4 Å². The summed E-state index contributed by atoms with van der Waals surface area (Å²) in [4.78, 5) is 16.9. The Labute approximate surface area is 192 Å². The Morgan fingerprint density at radius 2 is 1.91 bits per heavy atom. The maximum Gasteiger partial charge on any atom is 0.387 e. The van der Waals surface area contributed by atoms with E-state index >= 15 is 0 Å². The molecule has 4 aromatic rings. The molecule has 7 nitrogen and oxygen atoms in total. The highest BCUT2D eigenvalue weighted by Crippen LogP contribution is 2.33. The highest BCUT2D eigenvalue weighted by atomic mass is 32.1. The van der Waals surface area contributed by atoms with Gasteiger partial charge in [0.05, 0.1) is 17.0 Å². The minimum atomic E-state index is -2.94. The smallest absolute Gasteiger partial charge is 0.387 e. The van der Waals surface area contributed by atoms with Crippen LogP contribution in [-0.4, -0.2) is 22.7 Å². The summed E-state index contributed by atoms with van der Waals surface area (Å²) in [5.41, 5.74) is 2.91. The number of thiazole rings is 1. The van der Waals surface area contributed by atoms with Crippen molar-refractivity contribution < 1.29 is 27.6 Å². The highest BCUT2D eigenvalue weighted by Gasteiger charge is 2.15. The largest absolute Gasteiger partial charge is 0.489 e. The number of halogens is 2. The number of benzene rings is 2. The van der Waals surface area contributed by atoms with Crippen LogP contribution in [0.25, 0.3) is 11.3 Å². The summed E-state index contributed by atoms with van der Waals surface area (Å²) in [6.45, 7) is 1.03. The van der Waals surface area contributed by atoms with Crippen molar-refractivity contribution in [1.82, 2.24) is 10.1 Å². The maximum absolute atomic E-state index is 12.7. The molecule has 0 radical (unpaired) electrons. The first kappa shape index (κ1) is 22.4. The summed E-state index contributed by atoms with van der Waals surface area (Å²) >= 11 is 1.18. The molecule has 170 valence electrons. The average Bonchev–Trinajstić information content (AvgIpc) is 3.39. The van der Waals surface area contributed by atoms with Crippen LogP contribution in [0.5, 0.6) is 11.5 Å². The van der Waals surface area contributed by atoms with Crippen LogP contribution in [-0.2, 0) is 6.61 Å². The predicted molar refractivity (Wildman–Crippen MR) is 119 cm³/mol. The van der Waals surface area contributed by atoms with Gasteiger partial charge in [0.1, 0.15) is 23.9 Å². The zero-order valence-electron chi connectivity index (χ0n) is 17.7. The molecule has 0 aliphatic heterocycles. The second kappa shape index (κ2) is 9.78. The van der Waals surface area contributed by atoms with Gasteiger partial charge >= 0.3 is 6.61 Å². The number of nitrogens with one attached hydrogen (secondary N) is 1. The third kappa shape index (κ3) is 5.35. The summed E-state index contributed by atoms with van der Waals surface area (Å²) in [6.07, 6.45) is 0. The van der Waals surface area contributed by atoms with Crippen molar-refractivity contribution in [2.24, 2.45) is 0 Å². The van der Waals surface area contributed by atoms with E-state index < -0.39 is 6.61 Å². The van der Waals surface area contributed by atoms with Crippen molar-refractivity contribution >= 4 is 22.4 Å². The number of rotatable bonds is 8. The number of aryl methyl sites for hydroxylation is 2. The molecule has 0 fully saturated rings. The van der Waals surface area contributed by atoms with Gasteiger partial charge in [-0.25, -0.2) is 4.98 Å². The van der Waals surface area contributed by atoms with Crippen LogP contribution in [0.1, 0.15) is 27.4 Å². The first-order valence-corrected chi connectivity index (χ1v) is 10.7. The Morgan fingerprint density at radius 1 is 1.15 bits per heavy atom. The fraction of sp³-hybridized carbons (Fsp3) is 0.174. The molecule has 0 saturated carbocycles. The van der Waals surface area contributed by atoms with Crippen molar-refractivity contribution in [3.63, 3.8) is 0 Å². The minimum absolute atomic E-state index is 0.0165. The molecule has 4 rings (SSSR count). The molecule has 0 saturated heterocycles. The van der Waals surface area contributed by atoms with Crippen LogP contribution < -0.4 is 14.8 Å². The number of hydrogen-bond donors (Lipinski definition) is 1. The van der Waals surface area contributed by atoms with Crippen molar-refractivity contribution in [3.05, 3.63) is 76.5 Å². The van der Waals surface area contributed by atoms with Gasteiger partial charge in [0.2, 0.25) is 0 Å². The average molecular weight is 471 g/mol. The van der Waals surface area contributed by atoms with Gasteiger partial charge in [-0.05, 0) is 50.2 Å². The third-order valence-corrected chi connectivity index (χ3v) is 5.54. The number of amides is 1. The van der Waals surface area contributed by atoms with Gasteiger partial charge < -0.3 is 14.0 Å². The normalized spacial score (nSPS) is 10.9. The number of nitrogens with zero attached hydrogens (tertiary/aromatic N) is 2. The molecule has 0 aliphatic rings. The van der Waals surface area contributed by atoms with Gasteiger partial charge in [-0.2, -0.15) is 8.78 Å². The van der Waals surface area contributed by atoms with Crippen molar-refractivity contribution in [2.75, 3.05) is 5.32 Å². The lowest BCUT2D eigenvalue weighted by Gasteiger charge is -2.08. The molecule has 2 aromatic carbocycles. The molecule has 1 N–H and O–H groups in total. The van der Waals surface area contributed by atoms with Crippen molar-refractivity contribution in [2.45, 2.75) is 27.1 Å². The number of anilines is 1. The van der Waals surface area contributed by atoms with Gasteiger partial charge in [0, 0.05) is 16.5 Å². The first-order chi connectivity index (χ1) is 15.9. The Hall–Kier alpha value is -3.79. The summed E-state index contributed by atoms with van der Waals surface area (Å²) in [5.74, 6) is 0.960. The zero-order chi connectivity index (χ0) is 23.4. The highest BCUT2D eigenvalue weighted by molar-refractivity contribution is 7.14. The molecule has 33 heavy (non-hydrogen) atoms. The lowest BCUT2D eigenvalue weighted by atomic mass is 10.1. The first-order valence-electron chi connectivity index (χ1n) is 9.86. The van der Waals surface area contributed by atoms with Crippen LogP contribution in [0.4, 0.5) is 13.9 Å². The zero-order valence-corrected chi connectivity index (χ0v) is 18.5. The molecule has 0 bridgehead atoms. The Kier molecular flexibility index (Phi) is 6.64. The quantitative estimate of drug-likeness (QED) is 0.347. The standard InChI is InChI=1S/C23H19F2N3O4S/c1-13-18(14(2)32-28-13)11-30-16-9-7-15(8-10-16)21(29)27-23-26-19(12-33-23)17-5-3-4-6-20(17)31-22(24)25/h3-10,12,22H,11H2,1-2H3,(H,26,27,29). The number of carbonyl (C=O) groups excluding carboxylic acids is 1. The molecule has 0 aliphatic carbocycles. The molecule has 0 unspecified atom stereocenters. The second-order valence-corrected chi connectivity index (χ2v) is 7.84. The number of alkyl halides is 2. The van der Waals surface area contributed by atoms with E-state index in [1.165, 1.54) is 17.4 Å². The van der Waals surface area contributed by atoms with E-state index in [9.17, 15) is 13.6 Å². The van der Waals surface area contributed by atoms with E-state index in [0.717, 1.165) is 11.3 Å². The summed E-state index contributed by atoms with van der Waals surface area (Å²) in [7, 11) is 0. The van der Waals surface area contributed by atoms with E-state index in [1.807, 2.05) is 13.8 Å². The SMILES string of the molecule is Cc1noc(C)c1COc1ccc(C(=O)Nc2nc(-c3ccccc3OC(F)F)cs2)cc1. The monoisotopic (exact) mass is 471 g/mol. The number of aromatic nitrogens is 2. The van der Waals surface area contributed by atoms with Crippen molar-refractivity contribution in [3.8, 4) is 22.8 Å². The molecule has 0 spiro atoms. The van der Waals surface area contributed by atoms with Gasteiger partial charge in [-0.3, -0.25) is 10.1 Å². The number of ether oxygens (including phenoxy) is 2. The molecule has 1 amide bonds. The summed E-state index contributed by atoms with van der Waals surface area (Å²) < 4.78 is 40.7. The fourth-order valence-electron chi connectivity index (χ4n) is 3.07. The molecule has 2 heterocycles. The van der Waals surface area contributed by atoms with Gasteiger partial charge in [-0.15, -0.1) is 11.3 Å². The molecule has 10 heteroatoms. The van der Waals surface area contributed by atoms with Crippen LogP contribution in [0.2, 0.25) is 0 Å². The van der Waals surface area contributed by atoms with E-state index in [2.05, 4.69) is 20.2 Å². The van der Waals surface area contributed by atoms with Crippen molar-refractivity contribution in [1.29, 1.82) is 0 Å². The van der Waals surface area contributed by atoms with Crippen LogP contribution >= 0.6 is 11.3 Å². The lowest BCUT2D eigenvalue weighted by molar-refractivity contribution is -0.0494. The van der Waals surface area contributed by atoms with Crippen LogP contribution in [0, 0.1) is 13.8 Å². The number of para-hydroxylation sites is 1. The molecule has 0 atom stereocenters. The van der Waals surface area contributed by atoms with E-state index in [4.69, 9.17) is 9.26 Å². The van der Waals surface area contributed by atoms with E-state index in [0.29, 0.717) is 40.1 Å². The Morgan fingerprint density at radius 3 is 2.61 bits per heavy atom. The van der Waals surface area contributed by atoms with Gasteiger partial charge in [-0.1, -0.05) is 17.3 Å². The summed E-state index contributed by atoms with van der Waals surface area (Å²) in [5, 5.41) is 8.60. The number of hydrogen-bond acceptors (Lipinski definition) is 7. The minimum Gasteiger partial charge on any atom is -0.489 e.